The minimum atomic E-state index is 0.212. The number of hydrogen-bond donors (Lipinski definition) is 1. The zero-order chi connectivity index (χ0) is 15.0. The third kappa shape index (κ3) is 3.00. The molecule has 3 atom stereocenters. The lowest BCUT2D eigenvalue weighted by Crippen LogP contribution is -2.21. The van der Waals surface area contributed by atoms with Gasteiger partial charge in [-0.2, -0.15) is 0 Å². The summed E-state index contributed by atoms with van der Waals surface area (Å²) in [7, 11) is 0. The van der Waals surface area contributed by atoms with E-state index in [-0.39, 0.29) is 5.91 Å². The summed E-state index contributed by atoms with van der Waals surface area (Å²) in [6.07, 6.45) is 6.12. The van der Waals surface area contributed by atoms with Gasteiger partial charge in [0.25, 0.3) is 0 Å². The maximum absolute atomic E-state index is 12.5. The van der Waals surface area contributed by atoms with Crippen LogP contribution >= 0.6 is 0 Å². The zero-order valence-electron chi connectivity index (χ0n) is 13.5. The van der Waals surface area contributed by atoms with Gasteiger partial charge < -0.3 is 5.32 Å². The first-order valence-corrected chi connectivity index (χ1v) is 8.44. The number of amides is 1. The van der Waals surface area contributed by atoms with E-state index >= 15 is 0 Å². The highest BCUT2D eigenvalue weighted by Gasteiger charge is 2.40. The minimum absolute atomic E-state index is 0.212. The van der Waals surface area contributed by atoms with Crippen molar-refractivity contribution >= 4 is 11.6 Å². The van der Waals surface area contributed by atoms with Gasteiger partial charge in [-0.15, -0.1) is 0 Å². The Hall–Kier alpha value is -1.31. The molecule has 21 heavy (non-hydrogen) atoms. The number of carbonyl (C=O) groups excluding carboxylic acids is 1. The van der Waals surface area contributed by atoms with Crippen molar-refractivity contribution in [2.24, 2.45) is 17.8 Å². The van der Waals surface area contributed by atoms with E-state index in [4.69, 9.17) is 0 Å². The average Bonchev–Trinajstić information content (AvgIpc) is 3.03. The van der Waals surface area contributed by atoms with Gasteiger partial charge in [-0.1, -0.05) is 38.5 Å². The van der Waals surface area contributed by atoms with E-state index in [1.165, 1.54) is 36.8 Å². The number of carbonyl (C=O) groups is 1. The highest BCUT2D eigenvalue weighted by atomic mass is 16.1. The van der Waals surface area contributed by atoms with Crippen LogP contribution in [-0.4, -0.2) is 5.91 Å². The Morgan fingerprint density at radius 3 is 2.71 bits per heavy atom. The van der Waals surface area contributed by atoms with Crippen molar-refractivity contribution in [3.05, 3.63) is 29.3 Å². The maximum Gasteiger partial charge on any atom is 0.224 e. The summed E-state index contributed by atoms with van der Waals surface area (Å²) in [5, 5.41) is 3.21. The number of fused-ring (bicyclic) bond motifs is 2. The van der Waals surface area contributed by atoms with Crippen molar-refractivity contribution in [2.45, 2.75) is 58.8 Å². The summed E-state index contributed by atoms with van der Waals surface area (Å²) in [5.41, 5.74) is 3.46. The van der Waals surface area contributed by atoms with Gasteiger partial charge in [-0.25, -0.2) is 0 Å². The molecule has 0 spiro atoms. The van der Waals surface area contributed by atoms with Crippen molar-refractivity contribution in [1.29, 1.82) is 0 Å². The van der Waals surface area contributed by atoms with E-state index in [9.17, 15) is 4.79 Å². The number of nitrogens with one attached hydrogen (secondary N) is 1. The first-order chi connectivity index (χ1) is 10.0. The second kappa shape index (κ2) is 5.82. The van der Waals surface area contributed by atoms with E-state index < -0.39 is 0 Å². The van der Waals surface area contributed by atoms with E-state index in [0.717, 1.165) is 17.5 Å². The smallest absolute Gasteiger partial charge is 0.224 e. The lowest BCUT2D eigenvalue weighted by atomic mass is 9.86. The van der Waals surface area contributed by atoms with Crippen LogP contribution in [0.4, 0.5) is 5.69 Å². The SMILES string of the molecule is Cc1cccc(C(C)C)c1NC(=O)C[C@H]1C[C@H]2CC[C@H]1C2. The molecule has 1 amide bonds. The van der Waals surface area contributed by atoms with Crippen LogP contribution in [-0.2, 0) is 4.79 Å². The predicted octanol–water partition coefficient (Wildman–Crippen LogP) is 4.88. The molecule has 114 valence electrons. The molecular weight excluding hydrogens is 258 g/mol. The van der Waals surface area contributed by atoms with Crippen molar-refractivity contribution in [2.75, 3.05) is 5.32 Å². The van der Waals surface area contributed by atoms with Gasteiger partial charge in [0.1, 0.15) is 0 Å². The number of anilines is 1. The number of benzene rings is 1. The molecule has 2 bridgehead atoms. The zero-order valence-corrected chi connectivity index (χ0v) is 13.5. The second-order valence-corrected chi connectivity index (χ2v) is 7.38. The second-order valence-electron chi connectivity index (χ2n) is 7.38. The Labute approximate surface area is 128 Å². The number of aryl methyl sites for hydroxylation is 1. The van der Waals surface area contributed by atoms with Crippen molar-refractivity contribution in [1.82, 2.24) is 0 Å². The van der Waals surface area contributed by atoms with Crippen LogP contribution in [0.2, 0.25) is 0 Å². The van der Waals surface area contributed by atoms with Crippen LogP contribution in [0, 0.1) is 24.7 Å². The molecule has 2 nitrogen and oxygen atoms in total. The molecule has 2 saturated carbocycles. The quantitative estimate of drug-likeness (QED) is 0.839. The van der Waals surface area contributed by atoms with Crippen molar-refractivity contribution in [3.8, 4) is 0 Å². The van der Waals surface area contributed by atoms with Crippen LogP contribution in [0.1, 0.15) is 63.0 Å². The van der Waals surface area contributed by atoms with Gasteiger partial charge in [0.2, 0.25) is 5.91 Å². The van der Waals surface area contributed by atoms with Gasteiger partial charge in [-0.05, 0) is 61.0 Å². The van der Waals surface area contributed by atoms with Crippen LogP contribution in [0.25, 0.3) is 0 Å². The molecule has 1 aromatic carbocycles. The monoisotopic (exact) mass is 285 g/mol. The summed E-state index contributed by atoms with van der Waals surface area (Å²) in [6.45, 7) is 6.44. The topological polar surface area (TPSA) is 29.1 Å². The van der Waals surface area contributed by atoms with Gasteiger partial charge >= 0.3 is 0 Å². The Morgan fingerprint density at radius 2 is 2.10 bits per heavy atom. The van der Waals surface area contributed by atoms with Crippen molar-refractivity contribution in [3.63, 3.8) is 0 Å². The molecule has 2 aliphatic carbocycles. The molecule has 0 radical (unpaired) electrons. The molecule has 2 aliphatic rings. The lowest BCUT2D eigenvalue weighted by Gasteiger charge is -2.22. The molecule has 0 aliphatic heterocycles. The third-order valence-electron chi connectivity index (χ3n) is 5.52. The van der Waals surface area contributed by atoms with E-state index in [1.807, 2.05) is 0 Å². The molecule has 2 fully saturated rings. The van der Waals surface area contributed by atoms with Gasteiger partial charge in [0.05, 0.1) is 0 Å². The van der Waals surface area contributed by atoms with Crippen LogP contribution in [0.3, 0.4) is 0 Å². The number of hydrogen-bond acceptors (Lipinski definition) is 1. The largest absolute Gasteiger partial charge is 0.326 e. The van der Waals surface area contributed by atoms with E-state index in [2.05, 4.69) is 44.3 Å². The minimum Gasteiger partial charge on any atom is -0.326 e. The fraction of sp³-hybridized carbons (Fsp3) is 0.632. The molecule has 2 heteroatoms. The highest BCUT2D eigenvalue weighted by molar-refractivity contribution is 5.92. The highest BCUT2D eigenvalue weighted by Crippen LogP contribution is 2.49. The molecule has 1 aromatic rings. The molecule has 0 aromatic heterocycles. The molecule has 0 saturated heterocycles. The fourth-order valence-corrected chi connectivity index (χ4v) is 4.40. The van der Waals surface area contributed by atoms with E-state index in [1.54, 1.807) is 0 Å². The first-order valence-electron chi connectivity index (χ1n) is 8.44. The van der Waals surface area contributed by atoms with E-state index in [0.29, 0.717) is 18.3 Å². The predicted molar refractivity (Wildman–Crippen MR) is 87.5 cm³/mol. The summed E-state index contributed by atoms with van der Waals surface area (Å²) < 4.78 is 0. The molecular formula is C19H27NO. The summed E-state index contributed by atoms with van der Waals surface area (Å²) >= 11 is 0. The van der Waals surface area contributed by atoms with Crippen LogP contribution in [0.5, 0.6) is 0 Å². The van der Waals surface area contributed by atoms with Crippen LogP contribution in [0.15, 0.2) is 18.2 Å². The lowest BCUT2D eigenvalue weighted by molar-refractivity contribution is -0.117. The van der Waals surface area contributed by atoms with Gasteiger partial charge in [0.15, 0.2) is 0 Å². The maximum atomic E-state index is 12.5. The van der Waals surface area contributed by atoms with Gasteiger partial charge in [0, 0.05) is 12.1 Å². The molecule has 0 heterocycles. The first kappa shape index (κ1) is 14.6. The standard InChI is InChI=1S/C19H27NO/c1-12(2)17-6-4-5-13(3)19(17)20-18(21)11-16-10-14-7-8-15(16)9-14/h4-6,12,14-16H,7-11H2,1-3H3,(H,20,21)/t14-,15-,16+/m0/s1. The summed E-state index contributed by atoms with van der Waals surface area (Å²) in [6, 6.07) is 6.29. The average molecular weight is 285 g/mol. The normalized spacial score (nSPS) is 27.3. The molecule has 0 unspecified atom stereocenters. The fourth-order valence-electron chi connectivity index (χ4n) is 4.40. The van der Waals surface area contributed by atoms with Gasteiger partial charge in [-0.3, -0.25) is 4.79 Å². The third-order valence-corrected chi connectivity index (χ3v) is 5.52. The Morgan fingerprint density at radius 1 is 1.29 bits per heavy atom. The summed E-state index contributed by atoms with van der Waals surface area (Å²) in [4.78, 5) is 12.5. The summed E-state index contributed by atoms with van der Waals surface area (Å²) in [5.74, 6) is 3.02. The number of rotatable bonds is 4. The Balaban J connectivity index is 1.67. The Kier molecular flexibility index (Phi) is 4.05. The number of para-hydroxylation sites is 1. The Bertz CT molecular complexity index is 534. The molecule has 1 N–H and O–H groups in total. The van der Waals surface area contributed by atoms with Crippen molar-refractivity contribution < 1.29 is 4.79 Å². The van der Waals surface area contributed by atoms with Crippen LogP contribution < -0.4 is 5.32 Å². The molecule has 3 rings (SSSR count).